The van der Waals surface area contributed by atoms with E-state index in [9.17, 15) is 0 Å². The summed E-state index contributed by atoms with van der Waals surface area (Å²) in [4.78, 5) is 4.49. The number of hydrogen-bond acceptors (Lipinski definition) is 3. The third-order valence-corrected chi connectivity index (χ3v) is 3.47. The first-order valence-corrected chi connectivity index (χ1v) is 6.95. The number of halogens is 1. The number of nitrogen functional groups attached to an aromatic ring is 1. The van der Waals surface area contributed by atoms with Gasteiger partial charge in [-0.15, -0.1) is 0 Å². The molecule has 0 radical (unpaired) electrons. The Morgan fingerprint density at radius 2 is 2.11 bits per heavy atom. The molecule has 2 rings (SSSR count). The predicted octanol–water partition coefficient (Wildman–Crippen LogP) is 2.44. The zero-order chi connectivity index (χ0) is 14.0. The number of nitrogens with zero attached hydrogens (tertiary/aromatic N) is 3. The van der Waals surface area contributed by atoms with E-state index in [-0.39, 0.29) is 5.84 Å². The fourth-order valence-electron chi connectivity index (χ4n) is 1.81. The minimum atomic E-state index is 0.0517. The fourth-order valence-corrected chi connectivity index (χ4v) is 2.36. The number of amidine groups is 1. The highest BCUT2D eigenvalue weighted by molar-refractivity contribution is 9.10. The molecule has 0 aliphatic heterocycles. The van der Waals surface area contributed by atoms with Crippen LogP contribution in [0, 0.1) is 5.41 Å². The topological polar surface area (TPSA) is 80.6 Å². The maximum Gasteiger partial charge on any atom is 0.151 e. The van der Waals surface area contributed by atoms with E-state index in [4.69, 9.17) is 11.1 Å². The lowest BCUT2D eigenvalue weighted by molar-refractivity contribution is 0.788. The minimum Gasteiger partial charge on any atom is -0.384 e. The largest absolute Gasteiger partial charge is 0.384 e. The Kier molecular flexibility index (Phi) is 3.99. The van der Waals surface area contributed by atoms with Gasteiger partial charge in [0.15, 0.2) is 5.82 Å². The van der Waals surface area contributed by atoms with Gasteiger partial charge in [-0.05, 0) is 34.1 Å². The summed E-state index contributed by atoms with van der Waals surface area (Å²) >= 11 is 3.51. The molecule has 0 aliphatic rings. The second kappa shape index (κ2) is 5.52. The first-order chi connectivity index (χ1) is 9.06. The number of aryl methyl sites for hydroxylation is 2. The maximum absolute atomic E-state index is 7.44. The van der Waals surface area contributed by atoms with Crippen molar-refractivity contribution in [2.75, 3.05) is 0 Å². The maximum atomic E-state index is 7.44. The molecule has 6 heteroatoms. The molecular formula is C13H16BrN5. The summed E-state index contributed by atoms with van der Waals surface area (Å²) < 4.78 is 2.69. The molecule has 100 valence electrons. The third kappa shape index (κ3) is 2.68. The van der Waals surface area contributed by atoms with E-state index in [1.165, 1.54) is 0 Å². The summed E-state index contributed by atoms with van der Waals surface area (Å²) in [5.41, 5.74) is 7.08. The highest BCUT2D eigenvalue weighted by Crippen LogP contribution is 2.23. The number of hydrogen-bond donors (Lipinski definition) is 2. The van der Waals surface area contributed by atoms with E-state index in [0.717, 1.165) is 34.7 Å². The summed E-state index contributed by atoms with van der Waals surface area (Å²) in [6.07, 6.45) is 1.62. The van der Waals surface area contributed by atoms with Gasteiger partial charge in [-0.25, -0.2) is 9.67 Å². The Morgan fingerprint density at radius 1 is 1.37 bits per heavy atom. The molecular weight excluding hydrogens is 306 g/mol. The lowest BCUT2D eigenvalue weighted by Crippen LogP contribution is -2.11. The Hall–Kier alpha value is -1.69. The Balaban J connectivity index is 2.52. The van der Waals surface area contributed by atoms with Crippen LogP contribution in [0.2, 0.25) is 0 Å². The molecule has 0 bridgehead atoms. The number of aromatic nitrogens is 3. The SMILES string of the molecule is CCc1nc(CC)n(-c2ccc(C(=N)N)cc2Br)n1. The van der Waals surface area contributed by atoms with Gasteiger partial charge < -0.3 is 5.73 Å². The van der Waals surface area contributed by atoms with Gasteiger partial charge in [0.1, 0.15) is 11.7 Å². The van der Waals surface area contributed by atoms with Crippen molar-refractivity contribution >= 4 is 21.8 Å². The van der Waals surface area contributed by atoms with Crippen LogP contribution in [0.4, 0.5) is 0 Å². The smallest absolute Gasteiger partial charge is 0.151 e. The molecule has 1 aromatic heterocycles. The van der Waals surface area contributed by atoms with E-state index < -0.39 is 0 Å². The molecule has 0 atom stereocenters. The molecule has 19 heavy (non-hydrogen) atoms. The number of nitrogens with two attached hydrogens (primary N) is 1. The molecule has 0 spiro atoms. The fraction of sp³-hybridized carbons (Fsp3) is 0.308. The van der Waals surface area contributed by atoms with Crippen LogP contribution in [0.15, 0.2) is 22.7 Å². The Morgan fingerprint density at radius 3 is 2.63 bits per heavy atom. The second-order valence-electron chi connectivity index (χ2n) is 4.14. The molecule has 0 amide bonds. The van der Waals surface area contributed by atoms with Crippen molar-refractivity contribution < 1.29 is 0 Å². The van der Waals surface area contributed by atoms with Crippen LogP contribution in [0.1, 0.15) is 31.1 Å². The molecule has 3 N–H and O–H groups in total. The molecule has 5 nitrogen and oxygen atoms in total. The number of rotatable bonds is 4. The van der Waals surface area contributed by atoms with Crippen LogP contribution in [-0.4, -0.2) is 20.6 Å². The minimum absolute atomic E-state index is 0.0517. The summed E-state index contributed by atoms with van der Waals surface area (Å²) in [6, 6.07) is 5.54. The molecule has 1 aromatic carbocycles. The van der Waals surface area contributed by atoms with Crippen LogP contribution < -0.4 is 5.73 Å². The van der Waals surface area contributed by atoms with Crippen molar-refractivity contribution in [2.24, 2.45) is 5.73 Å². The molecule has 0 saturated carbocycles. The number of benzene rings is 1. The lowest BCUT2D eigenvalue weighted by atomic mass is 10.2. The third-order valence-electron chi connectivity index (χ3n) is 2.84. The highest BCUT2D eigenvalue weighted by atomic mass is 79.9. The van der Waals surface area contributed by atoms with Gasteiger partial charge in [-0.2, -0.15) is 5.10 Å². The van der Waals surface area contributed by atoms with Gasteiger partial charge in [0, 0.05) is 22.9 Å². The Labute approximate surface area is 120 Å². The molecule has 0 unspecified atom stereocenters. The van der Waals surface area contributed by atoms with E-state index in [1.807, 2.05) is 29.8 Å². The van der Waals surface area contributed by atoms with Gasteiger partial charge in [-0.3, -0.25) is 5.41 Å². The van der Waals surface area contributed by atoms with Gasteiger partial charge in [0.25, 0.3) is 0 Å². The monoisotopic (exact) mass is 321 g/mol. The normalized spacial score (nSPS) is 10.7. The van der Waals surface area contributed by atoms with Gasteiger partial charge in [0.2, 0.25) is 0 Å². The quantitative estimate of drug-likeness (QED) is 0.670. The van der Waals surface area contributed by atoms with Crippen molar-refractivity contribution in [1.29, 1.82) is 5.41 Å². The molecule has 2 aromatic rings. The van der Waals surface area contributed by atoms with Crippen molar-refractivity contribution in [3.63, 3.8) is 0 Å². The first kappa shape index (κ1) is 13.7. The second-order valence-corrected chi connectivity index (χ2v) is 5.00. The van der Waals surface area contributed by atoms with E-state index >= 15 is 0 Å². The lowest BCUT2D eigenvalue weighted by Gasteiger charge is -2.08. The molecule has 0 fully saturated rings. The molecule has 0 saturated heterocycles. The summed E-state index contributed by atoms with van der Waals surface area (Å²) in [5.74, 6) is 1.81. The van der Waals surface area contributed by atoms with E-state index in [2.05, 4.69) is 32.9 Å². The van der Waals surface area contributed by atoms with Crippen molar-refractivity contribution in [3.8, 4) is 5.69 Å². The van der Waals surface area contributed by atoms with E-state index in [1.54, 1.807) is 0 Å². The zero-order valence-corrected chi connectivity index (χ0v) is 12.5. The van der Waals surface area contributed by atoms with Gasteiger partial charge in [0.05, 0.1) is 5.69 Å². The van der Waals surface area contributed by atoms with Crippen LogP contribution in [0.5, 0.6) is 0 Å². The van der Waals surface area contributed by atoms with Crippen LogP contribution in [-0.2, 0) is 12.8 Å². The van der Waals surface area contributed by atoms with Crippen molar-refractivity contribution in [2.45, 2.75) is 26.7 Å². The number of nitrogens with one attached hydrogen (secondary N) is 1. The van der Waals surface area contributed by atoms with Crippen LogP contribution in [0.25, 0.3) is 5.69 Å². The first-order valence-electron chi connectivity index (χ1n) is 6.16. The molecule has 0 aliphatic carbocycles. The summed E-state index contributed by atoms with van der Waals surface area (Å²) in [6.45, 7) is 4.09. The Bertz CT molecular complexity index is 617. The zero-order valence-electron chi connectivity index (χ0n) is 10.9. The predicted molar refractivity (Wildman–Crippen MR) is 78.8 cm³/mol. The van der Waals surface area contributed by atoms with Crippen molar-refractivity contribution in [1.82, 2.24) is 14.8 Å². The summed E-state index contributed by atoms with van der Waals surface area (Å²) in [7, 11) is 0. The average molecular weight is 322 g/mol. The van der Waals surface area contributed by atoms with Gasteiger partial charge in [-0.1, -0.05) is 13.8 Å². The van der Waals surface area contributed by atoms with E-state index in [0.29, 0.717) is 5.56 Å². The van der Waals surface area contributed by atoms with Gasteiger partial charge >= 0.3 is 0 Å². The average Bonchev–Trinajstić information content (AvgIpc) is 2.81. The highest BCUT2D eigenvalue weighted by Gasteiger charge is 2.12. The van der Waals surface area contributed by atoms with Crippen LogP contribution >= 0.6 is 15.9 Å². The van der Waals surface area contributed by atoms with Crippen LogP contribution in [0.3, 0.4) is 0 Å². The van der Waals surface area contributed by atoms with Crippen molar-refractivity contribution in [3.05, 3.63) is 39.9 Å². The summed E-state index contributed by atoms with van der Waals surface area (Å²) in [5, 5.41) is 11.9. The standard InChI is InChI=1S/C13H16BrN5/c1-3-11-17-12(4-2)19(18-11)10-6-5-8(13(15)16)7-9(10)14/h5-7H,3-4H2,1-2H3,(H3,15,16). The molecule has 1 heterocycles.